The average molecular weight is 542 g/mol. The highest BCUT2D eigenvalue weighted by molar-refractivity contribution is 7.89. The van der Waals surface area contributed by atoms with E-state index >= 15 is 0 Å². The fraction of sp³-hybridized carbons (Fsp3) is 0.269. The number of ether oxygens (including phenoxy) is 2. The van der Waals surface area contributed by atoms with Crippen LogP contribution in [0, 0.1) is 0 Å². The van der Waals surface area contributed by atoms with Crippen molar-refractivity contribution in [3.63, 3.8) is 0 Å². The SMILES string of the molecule is COC(=O)C1=C(C)NC(C)C(C(=O)OC)(c2ccccc2)C1c1nccs1.NS(=O)(=O)c1ccc2cc1-2. The Bertz CT molecular complexity index is 1470. The lowest BCUT2D eigenvalue weighted by Crippen LogP contribution is -2.60. The molecule has 0 fully saturated rings. The molecule has 3 N–H and O–H groups in total. The minimum atomic E-state index is -3.47. The average Bonchev–Trinajstić information content (AvgIpc) is 3.24. The normalized spacial score (nSPS) is 21.8. The molecule has 0 radical (unpaired) electrons. The lowest BCUT2D eigenvalue weighted by atomic mass is 9.61. The third kappa shape index (κ3) is 4.65. The van der Waals surface area contributed by atoms with Crippen LogP contribution in [-0.4, -0.2) is 45.6 Å². The van der Waals surface area contributed by atoms with E-state index in [4.69, 9.17) is 14.6 Å². The first-order valence-electron chi connectivity index (χ1n) is 11.3. The molecule has 194 valence electrons. The van der Waals surface area contributed by atoms with E-state index in [9.17, 15) is 18.0 Å². The molecule has 2 heterocycles. The smallest absolute Gasteiger partial charge is 0.336 e. The Balaban J connectivity index is 0.000000265. The molecule has 9 nitrogen and oxygen atoms in total. The van der Waals surface area contributed by atoms with E-state index in [1.807, 2.05) is 49.6 Å². The maximum absolute atomic E-state index is 13.3. The first kappa shape index (κ1) is 26.5. The van der Waals surface area contributed by atoms with Crippen LogP contribution in [0.1, 0.15) is 30.3 Å². The van der Waals surface area contributed by atoms with Gasteiger partial charge in [0.05, 0.1) is 30.6 Å². The number of aromatic nitrogens is 1. The molecule has 3 aliphatic rings. The van der Waals surface area contributed by atoms with Crippen LogP contribution in [0.5, 0.6) is 0 Å². The number of primary sulfonamides is 1. The number of hydrogen-bond donors (Lipinski definition) is 2. The topological polar surface area (TPSA) is 138 Å². The number of rotatable bonds is 5. The fourth-order valence-corrected chi connectivity index (χ4v) is 6.54. The van der Waals surface area contributed by atoms with Crippen molar-refractivity contribution < 1.29 is 27.5 Å². The van der Waals surface area contributed by atoms with Gasteiger partial charge in [-0.3, -0.25) is 4.79 Å². The number of thiazole rings is 1. The Morgan fingerprint density at radius 3 is 2.27 bits per heavy atom. The summed E-state index contributed by atoms with van der Waals surface area (Å²) in [5, 5.41) is 10.7. The zero-order valence-electron chi connectivity index (χ0n) is 20.7. The molecular formula is C26H27N3O6S2. The molecule has 11 heteroatoms. The van der Waals surface area contributed by atoms with E-state index in [0.717, 1.165) is 16.7 Å². The summed E-state index contributed by atoms with van der Waals surface area (Å²) in [7, 11) is -0.771. The molecule has 3 unspecified atom stereocenters. The van der Waals surface area contributed by atoms with Gasteiger partial charge < -0.3 is 14.8 Å². The Kier molecular flexibility index (Phi) is 7.22. The number of benzene rings is 2. The van der Waals surface area contributed by atoms with Gasteiger partial charge in [0.1, 0.15) is 10.4 Å². The summed E-state index contributed by atoms with van der Waals surface area (Å²) in [6, 6.07) is 14.1. The molecule has 1 aromatic carbocycles. The van der Waals surface area contributed by atoms with Crippen molar-refractivity contribution in [2.45, 2.75) is 36.1 Å². The summed E-state index contributed by atoms with van der Waals surface area (Å²) in [4.78, 5) is 30.7. The summed E-state index contributed by atoms with van der Waals surface area (Å²) in [5.74, 6) is -1.55. The number of sulfonamides is 1. The van der Waals surface area contributed by atoms with Crippen molar-refractivity contribution >= 4 is 33.3 Å². The van der Waals surface area contributed by atoms with Crippen molar-refractivity contribution in [2.24, 2.45) is 5.14 Å². The van der Waals surface area contributed by atoms with E-state index in [2.05, 4.69) is 10.3 Å². The highest BCUT2D eigenvalue weighted by Gasteiger charge is 2.59. The second-order valence-electron chi connectivity index (χ2n) is 8.68. The summed E-state index contributed by atoms with van der Waals surface area (Å²) in [5.41, 5.74) is 2.42. The van der Waals surface area contributed by atoms with Crippen LogP contribution in [0.15, 0.2) is 76.3 Å². The van der Waals surface area contributed by atoms with Crippen molar-refractivity contribution in [1.29, 1.82) is 0 Å². The molecule has 2 aromatic rings. The molecule has 0 saturated carbocycles. The Morgan fingerprint density at radius 1 is 1.11 bits per heavy atom. The number of allylic oxidation sites excluding steroid dienone is 1. The van der Waals surface area contributed by atoms with Crippen LogP contribution in [-0.2, 0) is 34.5 Å². The lowest BCUT2D eigenvalue weighted by molar-refractivity contribution is -0.150. The number of carbonyl (C=O) groups excluding carboxylic acids is 2. The number of methoxy groups -OCH3 is 2. The molecule has 3 atom stereocenters. The molecule has 1 aliphatic heterocycles. The van der Waals surface area contributed by atoms with E-state index in [-0.39, 0.29) is 10.9 Å². The van der Waals surface area contributed by atoms with Gasteiger partial charge in [0.15, 0.2) is 0 Å². The van der Waals surface area contributed by atoms with Crippen molar-refractivity contribution in [3.8, 4) is 11.1 Å². The Hall–Kier alpha value is -3.54. The van der Waals surface area contributed by atoms with Gasteiger partial charge in [0.2, 0.25) is 10.0 Å². The zero-order chi connectivity index (χ0) is 27.0. The number of fused-ring (bicyclic) bond motifs is 1. The Morgan fingerprint density at radius 2 is 1.81 bits per heavy atom. The molecule has 0 amide bonds. The second kappa shape index (κ2) is 10.1. The Labute approximate surface area is 219 Å². The van der Waals surface area contributed by atoms with Crippen LogP contribution < -0.4 is 10.5 Å². The van der Waals surface area contributed by atoms with Gasteiger partial charge in [0.25, 0.3) is 0 Å². The van der Waals surface area contributed by atoms with Gasteiger partial charge in [0, 0.05) is 28.9 Å². The van der Waals surface area contributed by atoms with Gasteiger partial charge in [-0.2, -0.15) is 0 Å². The third-order valence-electron chi connectivity index (χ3n) is 6.66. The van der Waals surface area contributed by atoms with Crippen LogP contribution in [0.3, 0.4) is 0 Å². The standard InChI is InChI=1S/C20H22N2O4S.C6H5NO2S/c1-12-15(18(23)25-3)16(17-21-10-11-27-17)20(13(2)22-12,19(24)26-4)14-8-6-5-7-9-14;7-10(8,9)6-2-1-4-3-5(4)6/h5-11,13,16,22H,1-4H3;1-3H,(H2,7,8,9). The van der Waals surface area contributed by atoms with E-state index in [0.29, 0.717) is 16.3 Å². The summed E-state index contributed by atoms with van der Waals surface area (Å²) >= 11 is 1.40. The minimum absolute atomic E-state index is 0.252. The van der Waals surface area contributed by atoms with Gasteiger partial charge in [-0.05, 0) is 37.1 Å². The van der Waals surface area contributed by atoms with Crippen LogP contribution in [0.25, 0.3) is 11.1 Å². The summed E-state index contributed by atoms with van der Waals surface area (Å²) in [6.07, 6.45) is 1.67. The van der Waals surface area contributed by atoms with Crippen LogP contribution in [0.2, 0.25) is 0 Å². The predicted octanol–water partition coefficient (Wildman–Crippen LogP) is 3.09. The number of hydrogen-bond acceptors (Lipinski definition) is 9. The molecule has 2 aliphatic carbocycles. The number of nitrogens with two attached hydrogens (primary N) is 1. The first-order valence-corrected chi connectivity index (χ1v) is 13.8. The summed E-state index contributed by atoms with van der Waals surface area (Å²) in [6.45, 7) is 3.73. The van der Waals surface area contributed by atoms with Gasteiger partial charge in [-0.25, -0.2) is 23.3 Å². The molecule has 0 bridgehead atoms. The largest absolute Gasteiger partial charge is 0.468 e. The molecule has 5 rings (SSSR count). The quantitative estimate of drug-likeness (QED) is 0.368. The lowest BCUT2D eigenvalue weighted by Gasteiger charge is -2.47. The van der Waals surface area contributed by atoms with E-state index in [1.165, 1.54) is 31.6 Å². The molecular weight excluding hydrogens is 514 g/mol. The van der Waals surface area contributed by atoms with Gasteiger partial charge >= 0.3 is 11.9 Å². The first-order chi connectivity index (χ1) is 17.6. The monoisotopic (exact) mass is 541 g/mol. The summed E-state index contributed by atoms with van der Waals surface area (Å²) < 4.78 is 31.7. The molecule has 1 aromatic heterocycles. The maximum atomic E-state index is 13.3. The number of carbonyl (C=O) groups is 2. The van der Waals surface area contributed by atoms with Gasteiger partial charge in [-0.1, -0.05) is 36.4 Å². The molecule has 0 spiro atoms. The number of nitrogens with zero attached hydrogens (tertiary/aromatic N) is 1. The predicted molar refractivity (Wildman–Crippen MR) is 139 cm³/mol. The minimum Gasteiger partial charge on any atom is -0.468 e. The van der Waals surface area contributed by atoms with Crippen molar-refractivity contribution in [1.82, 2.24) is 10.3 Å². The van der Waals surface area contributed by atoms with Crippen molar-refractivity contribution in [2.75, 3.05) is 14.2 Å². The van der Waals surface area contributed by atoms with E-state index in [1.54, 1.807) is 18.3 Å². The third-order valence-corrected chi connectivity index (χ3v) is 8.47. The van der Waals surface area contributed by atoms with Crippen molar-refractivity contribution in [3.05, 3.63) is 81.9 Å². The zero-order valence-corrected chi connectivity index (χ0v) is 22.4. The maximum Gasteiger partial charge on any atom is 0.336 e. The number of esters is 2. The van der Waals surface area contributed by atoms with E-state index < -0.39 is 33.3 Å². The second-order valence-corrected chi connectivity index (χ2v) is 11.1. The fourth-order valence-electron chi connectivity index (χ4n) is 4.97. The molecule has 0 saturated heterocycles. The van der Waals surface area contributed by atoms with Crippen LogP contribution in [0.4, 0.5) is 0 Å². The highest BCUT2D eigenvalue weighted by Crippen LogP contribution is 2.51. The van der Waals surface area contributed by atoms with Crippen LogP contribution >= 0.6 is 11.3 Å². The highest BCUT2D eigenvalue weighted by atomic mass is 32.2. The number of nitrogens with one attached hydrogen (secondary N) is 1. The van der Waals surface area contributed by atoms with Gasteiger partial charge in [-0.15, -0.1) is 11.3 Å². The molecule has 37 heavy (non-hydrogen) atoms.